The Morgan fingerprint density at radius 1 is 1.12 bits per heavy atom. The second-order valence-corrected chi connectivity index (χ2v) is 4.29. The summed E-state index contributed by atoms with van der Waals surface area (Å²) >= 11 is 0. The van der Waals surface area contributed by atoms with E-state index in [0.29, 0.717) is 12.8 Å². The first-order chi connectivity index (χ1) is 11.6. The molecule has 0 saturated carbocycles. The van der Waals surface area contributed by atoms with Gasteiger partial charge in [0.25, 0.3) is 0 Å². The molecule has 1 atom stereocenters. The number of carbonyl (C=O) groups excluding carboxylic acids is 2. The van der Waals surface area contributed by atoms with Crippen molar-refractivity contribution in [3.63, 3.8) is 0 Å². The van der Waals surface area contributed by atoms with Gasteiger partial charge in [-0.2, -0.15) is 0 Å². The zero-order valence-electron chi connectivity index (χ0n) is 13.7. The molecule has 0 fully saturated rings. The van der Waals surface area contributed by atoms with E-state index in [1.165, 1.54) is 19.1 Å². The number of ether oxygens (including phenoxy) is 1. The van der Waals surface area contributed by atoms with Crippen molar-refractivity contribution in [1.82, 2.24) is 0 Å². The Bertz CT molecular complexity index is 725. The molecule has 0 aromatic rings. The predicted molar refractivity (Wildman–Crippen MR) is 91.9 cm³/mol. The summed E-state index contributed by atoms with van der Waals surface area (Å²) in [6.45, 7) is 3.41. The molecule has 0 aromatic heterocycles. The lowest BCUT2D eigenvalue weighted by atomic mass is 10.2. The van der Waals surface area contributed by atoms with Crippen LogP contribution >= 0.6 is 0 Å². The zero-order valence-corrected chi connectivity index (χ0v) is 13.7. The van der Waals surface area contributed by atoms with Gasteiger partial charge in [0.2, 0.25) is 5.78 Å². The highest BCUT2D eigenvalue weighted by Crippen LogP contribution is 1.99. The first kappa shape index (κ1) is 20.8. The minimum Gasteiger partial charge on any atom is -0.466 e. The molecule has 1 N–H and O–H groups in total. The largest absolute Gasteiger partial charge is 0.466 e. The second kappa shape index (κ2) is 14.7. The average molecular weight is 322 g/mol. The number of esters is 1. The molecule has 0 amide bonds. The third-order valence-electron chi connectivity index (χ3n) is 2.24. The second-order valence-electron chi connectivity index (χ2n) is 4.29. The van der Waals surface area contributed by atoms with Crippen molar-refractivity contribution >= 4 is 11.8 Å². The summed E-state index contributed by atoms with van der Waals surface area (Å²) in [7, 11) is 0. The van der Waals surface area contributed by atoms with Crippen LogP contribution in [0.1, 0.15) is 26.7 Å². The van der Waals surface area contributed by atoms with Crippen LogP contribution in [-0.2, 0) is 14.3 Å². The minimum atomic E-state index is -0.793. The highest BCUT2D eigenvalue weighted by molar-refractivity contribution is 6.04. The Labute approximate surface area is 143 Å². The number of ketones is 1. The first-order valence-electron chi connectivity index (χ1n) is 7.22. The van der Waals surface area contributed by atoms with E-state index in [0.717, 1.165) is 0 Å². The van der Waals surface area contributed by atoms with Gasteiger partial charge in [-0.05, 0) is 73.4 Å². The zero-order chi connectivity index (χ0) is 18.0. The maximum atomic E-state index is 11.4. The van der Waals surface area contributed by atoms with Crippen molar-refractivity contribution in [2.24, 2.45) is 0 Å². The molecule has 4 nitrogen and oxygen atoms in total. The van der Waals surface area contributed by atoms with E-state index in [1.807, 2.05) is 6.92 Å². The van der Waals surface area contributed by atoms with E-state index in [2.05, 4.69) is 47.4 Å². The van der Waals surface area contributed by atoms with Crippen LogP contribution in [0.25, 0.3) is 0 Å². The maximum Gasteiger partial charge on any atom is 0.302 e. The standard InChI is InChI=1S/C20H18O4/c1-3-4-5-6-7-8-9-10-11-13-19(22)15-16-20(23)14-12-17-24-18(2)21/h3-4,15-16,20,23H,12,14,17H2,1-2H3/b4-3+,16-15+/t20-/m1/s1. The van der Waals surface area contributed by atoms with Crippen molar-refractivity contribution in [1.29, 1.82) is 0 Å². The van der Waals surface area contributed by atoms with Gasteiger partial charge in [0.05, 0.1) is 12.7 Å². The monoisotopic (exact) mass is 322 g/mol. The third-order valence-corrected chi connectivity index (χ3v) is 2.24. The Kier molecular flexibility index (Phi) is 12.8. The molecule has 0 heterocycles. The predicted octanol–water partition coefficient (Wildman–Crippen LogP) is 1.41. The fraction of sp³-hybridized carbons (Fsp3) is 0.300. The van der Waals surface area contributed by atoms with E-state index in [-0.39, 0.29) is 12.6 Å². The molecule has 0 unspecified atom stereocenters. The van der Waals surface area contributed by atoms with Crippen molar-refractivity contribution in [2.45, 2.75) is 32.8 Å². The molecule has 0 radical (unpaired) electrons. The lowest BCUT2D eigenvalue weighted by Crippen LogP contribution is -2.07. The highest BCUT2D eigenvalue weighted by Gasteiger charge is 2.01. The van der Waals surface area contributed by atoms with Crippen LogP contribution in [0.2, 0.25) is 0 Å². The first-order valence-corrected chi connectivity index (χ1v) is 7.22. The summed E-state index contributed by atoms with van der Waals surface area (Å²) in [6, 6.07) is 0. The summed E-state index contributed by atoms with van der Waals surface area (Å²) in [5.74, 6) is 18.9. The SMILES string of the molecule is C/C=C/C#CC#CC#CC#CC(=O)/C=C/[C@H](O)CCCOC(C)=O. The van der Waals surface area contributed by atoms with Crippen LogP contribution in [0.5, 0.6) is 0 Å². The normalized spacial score (nSPS) is 10.1. The molecule has 0 aliphatic heterocycles. The average Bonchev–Trinajstić information content (AvgIpc) is 2.55. The molecular weight excluding hydrogens is 304 g/mol. The summed E-state index contributed by atoms with van der Waals surface area (Å²) in [6.07, 6.45) is 6.08. The lowest BCUT2D eigenvalue weighted by Gasteiger charge is -2.04. The van der Waals surface area contributed by atoms with Gasteiger partial charge in [0.1, 0.15) is 0 Å². The van der Waals surface area contributed by atoms with Gasteiger partial charge in [0, 0.05) is 6.92 Å². The quantitative estimate of drug-likeness (QED) is 0.264. The smallest absolute Gasteiger partial charge is 0.302 e. The van der Waals surface area contributed by atoms with Crippen LogP contribution in [-0.4, -0.2) is 29.6 Å². The van der Waals surface area contributed by atoms with E-state index < -0.39 is 11.9 Å². The van der Waals surface area contributed by atoms with Gasteiger partial charge in [-0.1, -0.05) is 18.1 Å². The van der Waals surface area contributed by atoms with Crippen LogP contribution in [0.4, 0.5) is 0 Å². The number of carbonyl (C=O) groups is 2. The van der Waals surface area contributed by atoms with Crippen molar-refractivity contribution in [3.05, 3.63) is 24.3 Å². The number of hydrogen-bond acceptors (Lipinski definition) is 4. The molecule has 0 bridgehead atoms. The van der Waals surface area contributed by atoms with Crippen LogP contribution in [0.15, 0.2) is 24.3 Å². The Morgan fingerprint density at radius 2 is 1.79 bits per heavy atom. The van der Waals surface area contributed by atoms with Crippen molar-refractivity contribution < 1.29 is 19.4 Å². The van der Waals surface area contributed by atoms with Crippen LogP contribution in [0.3, 0.4) is 0 Å². The maximum absolute atomic E-state index is 11.4. The molecule has 0 spiro atoms. The van der Waals surface area contributed by atoms with Gasteiger partial charge in [0.15, 0.2) is 0 Å². The number of hydrogen-bond donors (Lipinski definition) is 1. The fourth-order valence-corrected chi connectivity index (χ4v) is 1.22. The topological polar surface area (TPSA) is 63.6 Å². The lowest BCUT2D eigenvalue weighted by molar-refractivity contribution is -0.141. The molecule has 4 heteroatoms. The Hall–Kier alpha value is -3.18. The van der Waals surface area contributed by atoms with Crippen LogP contribution < -0.4 is 0 Å². The summed E-state index contributed by atoms with van der Waals surface area (Å²) in [5, 5.41) is 9.60. The summed E-state index contributed by atoms with van der Waals surface area (Å²) in [4.78, 5) is 21.9. The number of aliphatic hydroxyl groups is 1. The molecular formula is C20H18O4. The van der Waals surface area contributed by atoms with E-state index >= 15 is 0 Å². The van der Waals surface area contributed by atoms with Crippen LogP contribution in [0, 0.1) is 47.4 Å². The summed E-state index contributed by atoms with van der Waals surface area (Å²) < 4.78 is 4.73. The van der Waals surface area contributed by atoms with E-state index in [4.69, 9.17) is 4.74 Å². The van der Waals surface area contributed by atoms with E-state index in [9.17, 15) is 14.7 Å². The summed E-state index contributed by atoms with van der Waals surface area (Å²) in [5.41, 5.74) is 0. The minimum absolute atomic E-state index is 0.240. The third kappa shape index (κ3) is 15.2. The van der Waals surface area contributed by atoms with Gasteiger partial charge in [-0.25, -0.2) is 0 Å². The number of aliphatic hydroxyl groups excluding tert-OH is 1. The molecule has 24 heavy (non-hydrogen) atoms. The van der Waals surface area contributed by atoms with Gasteiger partial charge in [-0.15, -0.1) is 0 Å². The van der Waals surface area contributed by atoms with Gasteiger partial charge >= 0.3 is 5.97 Å². The number of allylic oxidation sites excluding steroid dienone is 3. The van der Waals surface area contributed by atoms with Crippen molar-refractivity contribution in [3.8, 4) is 47.4 Å². The van der Waals surface area contributed by atoms with Crippen molar-refractivity contribution in [2.75, 3.05) is 6.61 Å². The molecule has 0 aliphatic carbocycles. The molecule has 0 aromatic carbocycles. The van der Waals surface area contributed by atoms with Gasteiger partial charge < -0.3 is 9.84 Å². The molecule has 0 aliphatic rings. The fourth-order valence-electron chi connectivity index (χ4n) is 1.22. The molecule has 0 saturated heterocycles. The van der Waals surface area contributed by atoms with E-state index in [1.54, 1.807) is 12.2 Å². The number of rotatable bonds is 6. The Balaban J connectivity index is 4.18. The highest BCUT2D eigenvalue weighted by atomic mass is 16.5. The molecule has 0 rings (SSSR count). The van der Waals surface area contributed by atoms with Gasteiger partial charge in [-0.3, -0.25) is 9.59 Å². The Morgan fingerprint density at radius 3 is 2.46 bits per heavy atom. The molecule has 122 valence electrons.